The van der Waals surface area contributed by atoms with Crippen molar-refractivity contribution in [2.75, 3.05) is 7.11 Å². The molecule has 17 heavy (non-hydrogen) atoms. The van der Waals surface area contributed by atoms with Crippen molar-refractivity contribution in [3.63, 3.8) is 0 Å². The minimum atomic E-state index is -3.25. The standard InChI is InChI=1S/C8H5F3N2O4/c1-17-8(14)3-2-4(13(15)16)7(11)12-5(3)6(9)10/h2,6H,1H3. The molecule has 0 atom stereocenters. The molecule has 0 aliphatic carbocycles. The molecule has 1 aromatic rings. The predicted octanol–water partition coefficient (Wildman–Crippen LogP) is 1.85. The monoisotopic (exact) mass is 250 g/mol. The lowest BCUT2D eigenvalue weighted by molar-refractivity contribution is -0.388. The number of halogens is 3. The molecule has 0 radical (unpaired) electrons. The molecule has 1 heterocycles. The van der Waals surface area contributed by atoms with E-state index in [-0.39, 0.29) is 0 Å². The van der Waals surface area contributed by atoms with E-state index in [1.807, 2.05) is 0 Å². The second-order valence-electron chi connectivity index (χ2n) is 2.78. The van der Waals surface area contributed by atoms with Crippen molar-refractivity contribution in [2.24, 2.45) is 0 Å². The van der Waals surface area contributed by atoms with Crippen LogP contribution in [0.1, 0.15) is 22.5 Å². The summed E-state index contributed by atoms with van der Waals surface area (Å²) in [6.07, 6.45) is -3.25. The molecule has 0 aliphatic rings. The van der Waals surface area contributed by atoms with Crippen LogP contribution in [0.4, 0.5) is 18.9 Å². The van der Waals surface area contributed by atoms with Gasteiger partial charge in [0.1, 0.15) is 5.69 Å². The van der Waals surface area contributed by atoms with E-state index in [4.69, 9.17) is 0 Å². The highest BCUT2D eigenvalue weighted by atomic mass is 19.3. The fraction of sp³-hybridized carbons (Fsp3) is 0.250. The van der Waals surface area contributed by atoms with Gasteiger partial charge in [-0.25, -0.2) is 18.6 Å². The molecule has 0 fully saturated rings. The van der Waals surface area contributed by atoms with Crippen molar-refractivity contribution in [1.29, 1.82) is 0 Å². The largest absolute Gasteiger partial charge is 0.465 e. The number of carbonyl (C=O) groups is 1. The number of alkyl halides is 2. The number of pyridine rings is 1. The molecule has 1 rings (SSSR count). The Hall–Kier alpha value is -2.19. The number of esters is 1. The van der Waals surface area contributed by atoms with Gasteiger partial charge in [0.15, 0.2) is 0 Å². The van der Waals surface area contributed by atoms with Gasteiger partial charge >= 0.3 is 11.7 Å². The Morgan fingerprint density at radius 2 is 2.18 bits per heavy atom. The van der Waals surface area contributed by atoms with Gasteiger partial charge in [0.2, 0.25) is 0 Å². The van der Waals surface area contributed by atoms with Gasteiger partial charge in [-0.15, -0.1) is 0 Å². The third kappa shape index (κ3) is 2.49. The Morgan fingerprint density at radius 1 is 1.59 bits per heavy atom. The summed E-state index contributed by atoms with van der Waals surface area (Å²) < 4.78 is 42.0. The van der Waals surface area contributed by atoms with Crippen LogP contribution in [0.3, 0.4) is 0 Å². The fourth-order valence-electron chi connectivity index (χ4n) is 1.06. The van der Waals surface area contributed by atoms with Gasteiger partial charge in [0, 0.05) is 6.07 Å². The summed E-state index contributed by atoms with van der Waals surface area (Å²) in [5.41, 5.74) is -3.20. The van der Waals surface area contributed by atoms with Crippen LogP contribution in [0.2, 0.25) is 0 Å². The van der Waals surface area contributed by atoms with E-state index in [9.17, 15) is 28.1 Å². The zero-order chi connectivity index (χ0) is 13.2. The molecule has 0 saturated heterocycles. The van der Waals surface area contributed by atoms with E-state index in [1.165, 1.54) is 0 Å². The van der Waals surface area contributed by atoms with Crippen LogP contribution in [0, 0.1) is 16.1 Å². The first kappa shape index (κ1) is 12.9. The van der Waals surface area contributed by atoms with E-state index < -0.39 is 40.2 Å². The van der Waals surface area contributed by atoms with E-state index in [0.29, 0.717) is 6.07 Å². The summed E-state index contributed by atoms with van der Waals surface area (Å²) in [7, 11) is 0.896. The van der Waals surface area contributed by atoms with Crippen LogP contribution in [0.25, 0.3) is 0 Å². The lowest BCUT2D eigenvalue weighted by Gasteiger charge is -2.06. The molecule has 92 valence electrons. The SMILES string of the molecule is COC(=O)c1cc([N+](=O)[O-])c(F)nc1C(F)F. The Morgan fingerprint density at radius 3 is 2.59 bits per heavy atom. The summed E-state index contributed by atoms with van der Waals surface area (Å²) in [6.45, 7) is 0. The first-order valence-corrected chi connectivity index (χ1v) is 4.09. The van der Waals surface area contributed by atoms with Gasteiger partial charge < -0.3 is 4.74 Å². The molecule has 0 saturated carbocycles. The fourth-order valence-corrected chi connectivity index (χ4v) is 1.06. The number of nitro groups is 1. The van der Waals surface area contributed by atoms with Crippen LogP contribution < -0.4 is 0 Å². The Labute approximate surface area is 92.2 Å². The van der Waals surface area contributed by atoms with Crippen molar-refractivity contribution in [1.82, 2.24) is 4.98 Å². The average Bonchev–Trinajstić information content (AvgIpc) is 2.26. The van der Waals surface area contributed by atoms with Crippen molar-refractivity contribution in [2.45, 2.75) is 6.43 Å². The van der Waals surface area contributed by atoms with Gasteiger partial charge in [-0.3, -0.25) is 10.1 Å². The van der Waals surface area contributed by atoms with Crippen molar-refractivity contribution < 1.29 is 27.6 Å². The third-order valence-corrected chi connectivity index (χ3v) is 1.80. The zero-order valence-corrected chi connectivity index (χ0v) is 8.32. The normalized spacial score (nSPS) is 10.4. The number of aromatic nitrogens is 1. The second kappa shape index (κ2) is 4.76. The molecule has 0 amide bonds. The third-order valence-electron chi connectivity index (χ3n) is 1.80. The highest BCUT2D eigenvalue weighted by molar-refractivity contribution is 5.91. The minimum absolute atomic E-state index is 0.371. The van der Waals surface area contributed by atoms with Crippen LogP contribution in [-0.2, 0) is 4.74 Å². The first-order valence-electron chi connectivity index (χ1n) is 4.09. The Bertz CT molecular complexity index is 478. The molecular weight excluding hydrogens is 245 g/mol. The molecule has 0 aromatic carbocycles. The zero-order valence-electron chi connectivity index (χ0n) is 8.32. The van der Waals surface area contributed by atoms with E-state index in [0.717, 1.165) is 7.11 Å². The number of rotatable bonds is 3. The van der Waals surface area contributed by atoms with Gasteiger partial charge in [0.05, 0.1) is 17.6 Å². The molecule has 6 nitrogen and oxygen atoms in total. The Balaban J connectivity index is 3.47. The highest BCUT2D eigenvalue weighted by Gasteiger charge is 2.28. The second-order valence-corrected chi connectivity index (χ2v) is 2.78. The molecule has 0 bridgehead atoms. The minimum Gasteiger partial charge on any atom is -0.465 e. The summed E-state index contributed by atoms with van der Waals surface area (Å²) in [6, 6.07) is 0.371. The molecule has 0 unspecified atom stereocenters. The maximum atomic E-state index is 13.0. The Kier molecular flexibility index (Phi) is 3.61. The van der Waals surface area contributed by atoms with Crippen LogP contribution in [-0.4, -0.2) is 23.0 Å². The smallest absolute Gasteiger partial charge is 0.340 e. The number of carbonyl (C=O) groups excluding carboxylic acids is 1. The van der Waals surface area contributed by atoms with Gasteiger partial charge in [0.25, 0.3) is 12.4 Å². The maximum absolute atomic E-state index is 13.0. The van der Waals surface area contributed by atoms with Crippen molar-refractivity contribution in [3.8, 4) is 0 Å². The molecule has 0 N–H and O–H groups in total. The van der Waals surface area contributed by atoms with Gasteiger partial charge in [-0.1, -0.05) is 0 Å². The van der Waals surface area contributed by atoms with Crippen molar-refractivity contribution >= 4 is 11.7 Å². The maximum Gasteiger partial charge on any atom is 0.340 e. The summed E-state index contributed by atoms with van der Waals surface area (Å²) >= 11 is 0. The van der Waals surface area contributed by atoms with Crippen LogP contribution in [0.5, 0.6) is 0 Å². The summed E-state index contributed by atoms with van der Waals surface area (Å²) in [4.78, 5) is 23.0. The number of nitrogens with zero attached hydrogens (tertiary/aromatic N) is 2. The summed E-state index contributed by atoms with van der Waals surface area (Å²) in [5.74, 6) is -2.94. The molecule has 0 spiro atoms. The van der Waals surface area contributed by atoms with Gasteiger partial charge in [-0.05, 0) is 0 Å². The first-order chi connectivity index (χ1) is 7.88. The van der Waals surface area contributed by atoms with E-state index >= 15 is 0 Å². The highest BCUT2D eigenvalue weighted by Crippen LogP contribution is 2.26. The van der Waals surface area contributed by atoms with Crippen molar-refractivity contribution in [3.05, 3.63) is 33.4 Å². The van der Waals surface area contributed by atoms with E-state index in [2.05, 4.69) is 9.72 Å². The number of hydrogen-bond donors (Lipinski definition) is 0. The number of hydrogen-bond acceptors (Lipinski definition) is 5. The lowest BCUT2D eigenvalue weighted by Crippen LogP contribution is -2.11. The van der Waals surface area contributed by atoms with E-state index in [1.54, 1.807) is 0 Å². The molecule has 1 aromatic heterocycles. The predicted molar refractivity (Wildman–Crippen MR) is 47.1 cm³/mol. The lowest BCUT2D eigenvalue weighted by atomic mass is 10.2. The van der Waals surface area contributed by atoms with Crippen LogP contribution in [0.15, 0.2) is 6.07 Å². The molecule has 0 aliphatic heterocycles. The summed E-state index contributed by atoms with van der Waals surface area (Å²) in [5, 5.41) is 10.4. The van der Waals surface area contributed by atoms with Crippen LogP contribution >= 0.6 is 0 Å². The average molecular weight is 250 g/mol. The topological polar surface area (TPSA) is 82.3 Å². The quantitative estimate of drug-likeness (QED) is 0.354. The number of ether oxygens (including phenoxy) is 1. The molecule has 9 heteroatoms. The molecular formula is C8H5F3N2O4. The number of methoxy groups -OCH3 is 1. The van der Waals surface area contributed by atoms with Gasteiger partial charge in [-0.2, -0.15) is 4.39 Å².